The largest absolute Gasteiger partial charge is 0.256 e. The van der Waals surface area contributed by atoms with E-state index in [0.717, 1.165) is 38.9 Å². The van der Waals surface area contributed by atoms with Crippen molar-refractivity contribution in [2.45, 2.75) is 6.54 Å². The molecule has 0 radical (unpaired) electrons. The molecule has 0 N–H and O–H groups in total. The highest BCUT2D eigenvalue weighted by Crippen LogP contribution is 2.22. The van der Waals surface area contributed by atoms with Gasteiger partial charge in [0.1, 0.15) is 10.7 Å². The van der Waals surface area contributed by atoms with Gasteiger partial charge in [-0.3, -0.25) is 4.98 Å². The number of hydrogen-bond acceptors (Lipinski definition) is 5. The monoisotopic (exact) mass is 372 g/mol. The molecule has 4 aromatic heterocycles. The molecule has 0 amide bonds. The van der Waals surface area contributed by atoms with E-state index < -0.39 is 0 Å². The highest BCUT2D eigenvalue weighted by atomic mass is 35.5. The molecule has 6 nitrogen and oxygen atoms in total. The minimum Gasteiger partial charge on any atom is -0.256 e. The van der Waals surface area contributed by atoms with Gasteiger partial charge >= 0.3 is 0 Å². The lowest BCUT2D eigenvalue weighted by molar-refractivity contribution is 0.665. The van der Waals surface area contributed by atoms with E-state index in [2.05, 4.69) is 38.5 Å². The molecule has 0 saturated heterocycles. The fraction of sp³-hybridized carbons (Fsp3) is 0.0500. The summed E-state index contributed by atoms with van der Waals surface area (Å²) in [5, 5.41) is 10.0. The minimum atomic E-state index is 0.436. The predicted molar refractivity (Wildman–Crippen MR) is 104 cm³/mol. The zero-order valence-electron chi connectivity index (χ0n) is 14.1. The van der Waals surface area contributed by atoms with Crippen molar-refractivity contribution < 1.29 is 0 Å². The first-order valence-corrected chi connectivity index (χ1v) is 8.80. The molecule has 27 heavy (non-hydrogen) atoms. The third-order valence-electron chi connectivity index (χ3n) is 4.38. The SMILES string of the molecule is Clc1cc(-c2ccc3nnn(Cc4ccc5ncccc5c4)c3n2)ccn1. The normalized spacial score (nSPS) is 11.3. The lowest BCUT2D eigenvalue weighted by Crippen LogP contribution is -2.03. The Morgan fingerprint density at radius 3 is 2.74 bits per heavy atom. The molecule has 1 aromatic carbocycles. The first kappa shape index (κ1) is 15.8. The molecule has 0 aliphatic rings. The number of hydrogen-bond donors (Lipinski definition) is 0. The maximum absolute atomic E-state index is 6.00. The van der Waals surface area contributed by atoms with Crippen molar-refractivity contribution in [3.05, 3.63) is 77.7 Å². The number of fused-ring (bicyclic) bond motifs is 2. The lowest BCUT2D eigenvalue weighted by atomic mass is 10.1. The molecule has 4 heterocycles. The van der Waals surface area contributed by atoms with Gasteiger partial charge in [-0.25, -0.2) is 14.6 Å². The summed E-state index contributed by atoms with van der Waals surface area (Å²) in [5.74, 6) is 0. The first-order valence-electron chi connectivity index (χ1n) is 8.42. The number of pyridine rings is 3. The van der Waals surface area contributed by atoms with Gasteiger partial charge in [-0.2, -0.15) is 0 Å². The minimum absolute atomic E-state index is 0.436. The van der Waals surface area contributed by atoms with E-state index in [1.54, 1.807) is 23.1 Å². The molecular weight excluding hydrogens is 360 g/mol. The Kier molecular flexibility index (Phi) is 3.76. The molecule has 130 valence electrons. The van der Waals surface area contributed by atoms with Gasteiger partial charge in [0.05, 0.1) is 17.8 Å². The zero-order valence-corrected chi connectivity index (χ0v) is 14.9. The number of aromatic nitrogens is 6. The predicted octanol–water partition coefficient (Wildman–Crippen LogP) is 4.14. The van der Waals surface area contributed by atoms with Crippen LogP contribution in [-0.2, 0) is 6.54 Å². The highest BCUT2D eigenvalue weighted by molar-refractivity contribution is 6.29. The second kappa shape index (κ2) is 6.41. The summed E-state index contributed by atoms with van der Waals surface area (Å²) in [6.45, 7) is 0.578. The van der Waals surface area contributed by atoms with Crippen LogP contribution < -0.4 is 0 Å². The summed E-state index contributed by atoms with van der Waals surface area (Å²) in [4.78, 5) is 13.1. The molecule has 0 bridgehead atoms. The van der Waals surface area contributed by atoms with Gasteiger partial charge in [0.25, 0.3) is 0 Å². The van der Waals surface area contributed by atoms with E-state index in [-0.39, 0.29) is 0 Å². The summed E-state index contributed by atoms with van der Waals surface area (Å²) in [6, 6.07) is 17.7. The van der Waals surface area contributed by atoms with Crippen LogP contribution in [0.2, 0.25) is 5.15 Å². The highest BCUT2D eigenvalue weighted by Gasteiger charge is 2.10. The van der Waals surface area contributed by atoms with Crippen LogP contribution in [0.5, 0.6) is 0 Å². The summed E-state index contributed by atoms with van der Waals surface area (Å²) in [7, 11) is 0. The van der Waals surface area contributed by atoms with Crippen LogP contribution in [0.4, 0.5) is 0 Å². The van der Waals surface area contributed by atoms with E-state index >= 15 is 0 Å². The van der Waals surface area contributed by atoms with E-state index in [0.29, 0.717) is 11.7 Å². The van der Waals surface area contributed by atoms with E-state index in [9.17, 15) is 0 Å². The van der Waals surface area contributed by atoms with Gasteiger partial charge in [-0.05, 0) is 48.0 Å². The molecule has 7 heteroatoms. The quantitative estimate of drug-likeness (QED) is 0.445. The molecule has 0 aliphatic carbocycles. The molecular formula is C20H13ClN6. The number of halogens is 1. The fourth-order valence-corrected chi connectivity index (χ4v) is 3.25. The van der Waals surface area contributed by atoms with Gasteiger partial charge in [-0.15, -0.1) is 5.10 Å². The fourth-order valence-electron chi connectivity index (χ4n) is 3.08. The van der Waals surface area contributed by atoms with Gasteiger partial charge in [0.2, 0.25) is 0 Å². The van der Waals surface area contributed by atoms with Crippen molar-refractivity contribution in [3.8, 4) is 11.3 Å². The molecule has 0 fully saturated rings. The van der Waals surface area contributed by atoms with Gasteiger partial charge in [-0.1, -0.05) is 28.9 Å². The Hall–Kier alpha value is -3.38. The molecule has 0 unspecified atom stereocenters. The molecule has 0 atom stereocenters. The Morgan fingerprint density at radius 2 is 1.81 bits per heavy atom. The smallest absolute Gasteiger partial charge is 0.179 e. The molecule has 0 saturated carbocycles. The van der Waals surface area contributed by atoms with Crippen molar-refractivity contribution >= 4 is 33.7 Å². The van der Waals surface area contributed by atoms with Crippen molar-refractivity contribution in [1.82, 2.24) is 29.9 Å². The van der Waals surface area contributed by atoms with Crippen molar-refractivity contribution in [3.63, 3.8) is 0 Å². The standard InChI is InChI=1S/C20H13ClN6/c21-19-11-15(7-9-23-19)17-5-6-18-20(24-17)27(26-25-18)12-13-3-4-16-14(10-13)2-1-8-22-16/h1-11H,12H2. The van der Waals surface area contributed by atoms with Gasteiger partial charge in [0, 0.05) is 23.3 Å². The van der Waals surface area contributed by atoms with E-state index in [1.165, 1.54) is 0 Å². The maximum Gasteiger partial charge on any atom is 0.179 e. The Morgan fingerprint density at radius 1 is 0.889 bits per heavy atom. The van der Waals surface area contributed by atoms with E-state index in [4.69, 9.17) is 16.6 Å². The Balaban J connectivity index is 1.55. The zero-order chi connectivity index (χ0) is 18.2. The van der Waals surface area contributed by atoms with Gasteiger partial charge < -0.3 is 0 Å². The number of nitrogens with zero attached hydrogens (tertiary/aromatic N) is 6. The first-order chi connectivity index (χ1) is 13.3. The average molecular weight is 373 g/mol. The van der Waals surface area contributed by atoms with Crippen LogP contribution in [0.25, 0.3) is 33.3 Å². The molecule has 0 aliphatic heterocycles. The second-order valence-electron chi connectivity index (χ2n) is 6.18. The van der Waals surface area contributed by atoms with Crippen LogP contribution in [0.15, 0.2) is 67.0 Å². The third-order valence-corrected chi connectivity index (χ3v) is 4.59. The second-order valence-corrected chi connectivity index (χ2v) is 6.57. The van der Waals surface area contributed by atoms with Crippen molar-refractivity contribution in [2.24, 2.45) is 0 Å². The molecule has 5 aromatic rings. The average Bonchev–Trinajstić information content (AvgIpc) is 3.10. The van der Waals surface area contributed by atoms with E-state index in [1.807, 2.05) is 30.3 Å². The van der Waals surface area contributed by atoms with Crippen LogP contribution >= 0.6 is 11.6 Å². The Bertz CT molecular complexity index is 1280. The molecule has 5 rings (SSSR count). The molecule has 0 spiro atoms. The summed E-state index contributed by atoms with van der Waals surface area (Å²) in [6.07, 6.45) is 3.46. The third kappa shape index (κ3) is 3.00. The van der Waals surface area contributed by atoms with Crippen molar-refractivity contribution in [1.29, 1.82) is 0 Å². The topological polar surface area (TPSA) is 69.4 Å². The van der Waals surface area contributed by atoms with Crippen LogP contribution in [0, 0.1) is 0 Å². The van der Waals surface area contributed by atoms with Crippen LogP contribution in [0.1, 0.15) is 5.56 Å². The Labute approximate surface area is 159 Å². The van der Waals surface area contributed by atoms with Crippen LogP contribution in [-0.4, -0.2) is 29.9 Å². The van der Waals surface area contributed by atoms with Gasteiger partial charge in [0.15, 0.2) is 5.65 Å². The maximum atomic E-state index is 6.00. The lowest BCUT2D eigenvalue weighted by Gasteiger charge is -2.05. The van der Waals surface area contributed by atoms with Crippen LogP contribution in [0.3, 0.4) is 0 Å². The van der Waals surface area contributed by atoms with Crippen molar-refractivity contribution in [2.75, 3.05) is 0 Å². The summed E-state index contributed by atoms with van der Waals surface area (Å²) in [5.41, 5.74) is 5.27. The summed E-state index contributed by atoms with van der Waals surface area (Å²) < 4.78 is 1.80. The summed E-state index contributed by atoms with van der Waals surface area (Å²) >= 11 is 6.00. The number of rotatable bonds is 3. The number of benzene rings is 1.